The Morgan fingerprint density at radius 1 is 0.757 bits per heavy atom. The van der Waals surface area contributed by atoms with E-state index in [2.05, 4.69) is 0 Å². The maximum Gasteiger partial charge on any atom is 0.146 e. The zero-order chi connectivity index (χ0) is 28.0. The molecule has 0 amide bonds. The van der Waals surface area contributed by atoms with Gasteiger partial charge in [-0.1, -0.05) is 0 Å². The number of ether oxygens (including phenoxy) is 2. The van der Waals surface area contributed by atoms with Crippen molar-refractivity contribution in [3.63, 3.8) is 0 Å². The van der Waals surface area contributed by atoms with Crippen LogP contribution < -0.4 is 0 Å². The quantitative estimate of drug-likeness (QED) is 0.187. The maximum absolute atomic E-state index is 13.0. The lowest BCUT2D eigenvalue weighted by atomic mass is 9.89. The second-order valence-corrected chi connectivity index (χ2v) is 11.7. The van der Waals surface area contributed by atoms with E-state index in [1.165, 1.54) is 0 Å². The molecule has 0 aromatic heterocycles. The highest BCUT2D eigenvalue weighted by molar-refractivity contribution is 5.84. The van der Waals surface area contributed by atoms with Crippen LogP contribution >= 0.6 is 0 Å². The highest BCUT2D eigenvalue weighted by atomic mass is 16.5. The molecule has 0 aliphatic heterocycles. The number of hydrogen-bond acceptors (Lipinski definition) is 7. The minimum Gasteiger partial charge on any atom is -0.378 e. The van der Waals surface area contributed by atoms with Crippen molar-refractivity contribution >= 4 is 23.1 Å². The van der Waals surface area contributed by atoms with Gasteiger partial charge in [-0.25, -0.2) is 0 Å². The van der Waals surface area contributed by atoms with Gasteiger partial charge in [0.1, 0.15) is 23.1 Å². The molecule has 0 aromatic carbocycles. The molecule has 0 saturated heterocycles. The van der Waals surface area contributed by atoms with E-state index in [1.807, 2.05) is 46.4 Å². The van der Waals surface area contributed by atoms with E-state index in [0.717, 1.165) is 19.3 Å². The van der Waals surface area contributed by atoms with Gasteiger partial charge < -0.3 is 14.3 Å². The molecule has 1 aliphatic rings. The normalized spacial score (nSPS) is 19.9. The third-order valence-electron chi connectivity index (χ3n) is 7.03. The Labute approximate surface area is 225 Å². The Hall–Kier alpha value is -1.44. The smallest absolute Gasteiger partial charge is 0.146 e. The fraction of sp³-hybridized carbons (Fsp3) is 0.867. The topological polar surface area (TPSA) is 90.0 Å². The van der Waals surface area contributed by atoms with Crippen LogP contribution in [0.25, 0.3) is 0 Å². The highest BCUT2D eigenvalue weighted by Crippen LogP contribution is 2.36. The van der Waals surface area contributed by atoms with Gasteiger partial charge in [0.05, 0.1) is 38.0 Å². The second-order valence-electron chi connectivity index (χ2n) is 11.7. The zero-order valence-corrected chi connectivity index (χ0v) is 24.6. The Bertz CT molecular complexity index is 717. The number of ketones is 4. The van der Waals surface area contributed by atoms with E-state index in [0.29, 0.717) is 51.6 Å². The first-order valence-corrected chi connectivity index (χ1v) is 14.5. The van der Waals surface area contributed by atoms with Crippen LogP contribution in [-0.4, -0.2) is 72.1 Å². The number of nitrogens with zero attached hydrogens (tertiary/aromatic N) is 1. The van der Waals surface area contributed by atoms with Crippen LogP contribution in [0.3, 0.4) is 0 Å². The second kappa shape index (κ2) is 18.0. The van der Waals surface area contributed by atoms with Gasteiger partial charge in [-0.15, -0.1) is 0 Å². The molecule has 0 heterocycles. The largest absolute Gasteiger partial charge is 0.378 e. The third-order valence-corrected chi connectivity index (χ3v) is 7.03. The Morgan fingerprint density at radius 2 is 1.30 bits per heavy atom. The Balaban J connectivity index is 2.42. The Morgan fingerprint density at radius 3 is 1.78 bits per heavy atom. The third kappa shape index (κ3) is 14.9. The maximum atomic E-state index is 13.0. The van der Waals surface area contributed by atoms with E-state index in [9.17, 15) is 19.2 Å². The first-order valence-electron chi connectivity index (χ1n) is 14.5. The molecular formula is C30H53NO6. The van der Waals surface area contributed by atoms with Gasteiger partial charge in [-0.2, -0.15) is 0 Å². The number of carbonyl (C=O) groups excluding carboxylic acids is 4. The highest BCUT2D eigenvalue weighted by Gasteiger charge is 2.39. The summed E-state index contributed by atoms with van der Waals surface area (Å²) in [5.41, 5.74) is 0. The van der Waals surface area contributed by atoms with E-state index in [-0.39, 0.29) is 72.4 Å². The number of unbranched alkanes of at least 4 members (excludes halogenated alkanes) is 2. The van der Waals surface area contributed by atoms with Crippen LogP contribution in [0.4, 0.5) is 0 Å². The molecule has 1 fully saturated rings. The van der Waals surface area contributed by atoms with Crippen molar-refractivity contribution in [1.82, 2.24) is 4.90 Å². The van der Waals surface area contributed by atoms with E-state index >= 15 is 0 Å². The lowest BCUT2D eigenvalue weighted by Crippen LogP contribution is -2.39. The molecule has 7 nitrogen and oxygen atoms in total. The molecule has 1 rings (SSSR count). The number of carbonyl (C=O) groups is 4. The lowest BCUT2D eigenvalue weighted by Gasteiger charge is -2.25. The fourth-order valence-corrected chi connectivity index (χ4v) is 5.00. The molecule has 214 valence electrons. The average molecular weight is 524 g/mol. The van der Waals surface area contributed by atoms with E-state index < -0.39 is 0 Å². The molecule has 1 saturated carbocycles. The van der Waals surface area contributed by atoms with Crippen molar-refractivity contribution in [2.75, 3.05) is 19.7 Å². The molecule has 0 aromatic rings. The van der Waals surface area contributed by atoms with Crippen molar-refractivity contribution in [2.24, 2.45) is 11.8 Å². The average Bonchev–Trinajstić information content (AvgIpc) is 3.19. The molecule has 1 aliphatic carbocycles. The molecule has 37 heavy (non-hydrogen) atoms. The van der Waals surface area contributed by atoms with Crippen molar-refractivity contribution < 1.29 is 28.7 Å². The summed E-state index contributed by atoms with van der Waals surface area (Å²) in [6, 6.07) is 0.0973. The van der Waals surface area contributed by atoms with Crippen molar-refractivity contribution in [3.05, 3.63) is 0 Å². The van der Waals surface area contributed by atoms with E-state index in [4.69, 9.17) is 9.47 Å². The molecule has 0 radical (unpaired) electrons. The lowest BCUT2D eigenvalue weighted by molar-refractivity contribution is -0.126. The predicted octanol–water partition coefficient (Wildman–Crippen LogP) is 5.36. The molecule has 0 spiro atoms. The van der Waals surface area contributed by atoms with Crippen LogP contribution in [0.2, 0.25) is 0 Å². The predicted molar refractivity (Wildman–Crippen MR) is 147 cm³/mol. The van der Waals surface area contributed by atoms with Gasteiger partial charge >= 0.3 is 0 Å². The van der Waals surface area contributed by atoms with Gasteiger partial charge in [0.2, 0.25) is 0 Å². The summed E-state index contributed by atoms with van der Waals surface area (Å²) in [6.45, 7) is 14.7. The standard InChI is InChI=1S/C30H53NO6/c1-21(2)31(18-26(33)13-9-8-12-24(7)32)19-27(34)14-10-11-15-30(35)29-17-28(37-23(5)6)16-25(29)20-36-22(3)4/h21-23,25,28-29H,8-20H2,1-7H3/t25-,28+,29?/m0/s1. The Kier molecular flexibility index (Phi) is 16.3. The number of rotatable bonds is 21. The SMILES string of the molecule is CC(=O)CCCCC(=O)CN(CC(=O)CCCCC(=O)C1C[C@H](OC(C)C)C[C@H]1COC(C)C)C(C)C. The van der Waals surface area contributed by atoms with Crippen LogP contribution in [0, 0.1) is 11.8 Å². The zero-order valence-electron chi connectivity index (χ0n) is 24.6. The van der Waals surface area contributed by atoms with Gasteiger partial charge in [0.25, 0.3) is 0 Å². The van der Waals surface area contributed by atoms with Crippen LogP contribution in [-0.2, 0) is 28.7 Å². The summed E-state index contributed by atoms with van der Waals surface area (Å²) >= 11 is 0. The summed E-state index contributed by atoms with van der Waals surface area (Å²) < 4.78 is 11.9. The van der Waals surface area contributed by atoms with Gasteiger partial charge in [-0.05, 0) is 92.9 Å². The van der Waals surface area contributed by atoms with E-state index in [1.54, 1.807) is 6.92 Å². The summed E-state index contributed by atoms with van der Waals surface area (Å²) in [5, 5.41) is 0. The van der Waals surface area contributed by atoms with Crippen molar-refractivity contribution in [3.8, 4) is 0 Å². The molecular weight excluding hydrogens is 470 g/mol. The summed E-state index contributed by atoms with van der Waals surface area (Å²) in [4.78, 5) is 51.0. The first-order chi connectivity index (χ1) is 17.4. The van der Waals surface area contributed by atoms with Crippen LogP contribution in [0.15, 0.2) is 0 Å². The number of hydrogen-bond donors (Lipinski definition) is 0. The van der Waals surface area contributed by atoms with Crippen molar-refractivity contribution in [2.45, 2.75) is 137 Å². The fourth-order valence-electron chi connectivity index (χ4n) is 5.00. The molecule has 7 heteroatoms. The minimum atomic E-state index is -0.0314. The summed E-state index contributed by atoms with van der Waals surface area (Å²) in [5.74, 6) is 0.800. The van der Waals surface area contributed by atoms with Crippen LogP contribution in [0.1, 0.15) is 113 Å². The first kappa shape index (κ1) is 33.6. The summed E-state index contributed by atoms with van der Waals surface area (Å²) in [7, 11) is 0. The summed E-state index contributed by atoms with van der Waals surface area (Å²) in [6.07, 6.45) is 6.70. The molecule has 0 bridgehead atoms. The minimum absolute atomic E-state index is 0.0314. The van der Waals surface area contributed by atoms with Gasteiger partial charge in [-0.3, -0.25) is 19.3 Å². The van der Waals surface area contributed by atoms with Crippen molar-refractivity contribution in [1.29, 1.82) is 0 Å². The van der Waals surface area contributed by atoms with Gasteiger partial charge in [0, 0.05) is 37.6 Å². The number of Topliss-reactive ketones (excluding diaryl/α,β-unsaturated/α-hetero) is 4. The van der Waals surface area contributed by atoms with Crippen LogP contribution in [0.5, 0.6) is 0 Å². The monoisotopic (exact) mass is 523 g/mol. The van der Waals surface area contributed by atoms with Gasteiger partial charge in [0.15, 0.2) is 0 Å². The molecule has 1 unspecified atom stereocenters. The molecule has 3 atom stereocenters. The molecule has 0 N–H and O–H groups in total.